The van der Waals surface area contributed by atoms with Crippen molar-refractivity contribution in [1.29, 1.82) is 0 Å². The number of carbonyl (C=O) groups excluding carboxylic acids is 3. The Hall–Kier alpha value is -1.47. The van der Waals surface area contributed by atoms with Crippen LogP contribution in [0.5, 0.6) is 0 Å². The van der Waals surface area contributed by atoms with Gasteiger partial charge in [-0.05, 0) is 19.3 Å². The maximum absolute atomic E-state index is 12.8. The summed E-state index contributed by atoms with van der Waals surface area (Å²) in [6, 6.07) is -0.112. The summed E-state index contributed by atoms with van der Waals surface area (Å²) in [6.45, 7) is 7.43. The topological polar surface area (TPSA) is 107 Å². The maximum atomic E-state index is 12.8. The minimum atomic E-state index is -0.749. The van der Waals surface area contributed by atoms with E-state index in [0.717, 1.165) is 6.42 Å². The summed E-state index contributed by atoms with van der Waals surface area (Å²) >= 11 is 0. The molecule has 3 N–H and O–H groups in total. The molecule has 0 rings (SSSR count). The minimum Gasteiger partial charge on any atom is -0.396 e. The van der Waals surface area contributed by atoms with E-state index in [1.807, 2.05) is 20.8 Å². The highest BCUT2D eigenvalue weighted by Gasteiger charge is 2.33. The molecule has 7 heteroatoms. The van der Waals surface area contributed by atoms with Crippen molar-refractivity contribution in [2.45, 2.75) is 46.6 Å². The molecule has 24 heavy (non-hydrogen) atoms. The number of hydrogen-bond acceptors (Lipinski definition) is 5. The molecule has 140 valence electrons. The molecule has 0 aliphatic rings. The first kappa shape index (κ1) is 22.5. The highest BCUT2D eigenvalue weighted by molar-refractivity contribution is 5.82. The van der Waals surface area contributed by atoms with Crippen molar-refractivity contribution in [2.75, 3.05) is 26.3 Å². The maximum Gasteiger partial charge on any atom is 0.245 e. The van der Waals surface area contributed by atoms with Crippen molar-refractivity contribution in [2.24, 2.45) is 17.8 Å². The van der Waals surface area contributed by atoms with E-state index in [9.17, 15) is 19.5 Å². The van der Waals surface area contributed by atoms with Crippen molar-refractivity contribution in [3.05, 3.63) is 0 Å². The predicted octanol–water partition coefficient (Wildman–Crippen LogP) is 0.192. The van der Waals surface area contributed by atoms with Crippen LogP contribution in [0.1, 0.15) is 40.5 Å². The molecule has 2 amide bonds. The van der Waals surface area contributed by atoms with Crippen molar-refractivity contribution >= 4 is 18.1 Å². The molecule has 4 atom stereocenters. The van der Waals surface area contributed by atoms with Crippen LogP contribution in [0.25, 0.3) is 0 Å². The largest absolute Gasteiger partial charge is 0.396 e. The van der Waals surface area contributed by atoms with Gasteiger partial charge in [0, 0.05) is 25.0 Å². The fraction of sp³-hybridized carbons (Fsp3) is 0.824. The molecule has 0 aliphatic carbocycles. The Labute approximate surface area is 144 Å². The summed E-state index contributed by atoms with van der Waals surface area (Å²) in [7, 11) is 0. The van der Waals surface area contributed by atoms with Crippen LogP contribution < -0.4 is 5.32 Å². The van der Waals surface area contributed by atoms with E-state index in [1.165, 1.54) is 0 Å². The zero-order chi connectivity index (χ0) is 18.7. The first-order chi connectivity index (χ1) is 11.4. The smallest absolute Gasteiger partial charge is 0.245 e. The minimum absolute atomic E-state index is 0.112. The van der Waals surface area contributed by atoms with E-state index >= 15 is 0 Å². The van der Waals surface area contributed by atoms with Gasteiger partial charge in [0.1, 0.15) is 12.9 Å². The molecule has 0 aromatic carbocycles. The lowest BCUT2D eigenvalue weighted by atomic mass is 9.90. The lowest BCUT2D eigenvalue weighted by molar-refractivity contribution is -0.143. The SMILES string of the molecule is CCC(C)[C@H](CCNC(=O)CO)N(CC)C(=O)C(CO)[C@@H](C)C=O. The summed E-state index contributed by atoms with van der Waals surface area (Å²) in [6.07, 6.45) is 2.09. The van der Waals surface area contributed by atoms with Crippen molar-refractivity contribution in [1.82, 2.24) is 10.2 Å². The molecule has 0 aliphatic heterocycles. The van der Waals surface area contributed by atoms with Crippen LogP contribution in [0.2, 0.25) is 0 Å². The fourth-order valence-corrected chi connectivity index (χ4v) is 2.77. The van der Waals surface area contributed by atoms with E-state index in [-0.39, 0.29) is 24.5 Å². The summed E-state index contributed by atoms with van der Waals surface area (Å²) < 4.78 is 0. The molecule has 0 fully saturated rings. The van der Waals surface area contributed by atoms with E-state index in [2.05, 4.69) is 5.32 Å². The molecule has 0 heterocycles. The Kier molecular flexibility index (Phi) is 11.2. The highest BCUT2D eigenvalue weighted by Crippen LogP contribution is 2.22. The van der Waals surface area contributed by atoms with E-state index in [0.29, 0.717) is 25.8 Å². The van der Waals surface area contributed by atoms with Crippen molar-refractivity contribution in [3.8, 4) is 0 Å². The number of rotatable bonds is 12. The van der Waals surface area contributed by atoms with Gasteiger partial charge >= 0.3 is 0 Å². The van der Waals surface area contributed by atoms with E-state index < -0.39 is 24.3 Å². The van der Waals surface area contributed by atoms with Gasteiger partial charge in [-0.3, -0.25) is 9.59 Å². The number of nitrogens with zero attached hydrogens (tertiary/aromatic N) is 1. The third-order valence-electron chi connectivity index (χ3n) is 4.59. The zero-order valence-corrected chi connectivity index (χ0v) is 15.2. The standard InChI is InChI=1S/C17H32N2O5/c1-5-12(3)15(7-8-18-16(23)11-22)19(6-2)17(24)14(10-21)13(4)9-20/h9,12-15,21-22H,5-8,10-11H2,1-4H3,(H,18,23)/t12?,13-,14?,15-/m0/s1. The first-order valence-electron chi connectivity index (χ1n) is 8.61. The zero-order valence-electron chi connectivity index (χ0n) is 15.2. The first-order valence-corrected chi connectivity index (χ1v) is 8.61. The second-order valence-electron chi connectivity index (χ2n) is 6.16. The molecule has 0 saturated heterocycles. The lowest BCUT2D eigenvalue weighted by Gasteiger charge is -2.37. The number of hydrogen-bond donors (Lipinski definition) is 3. The van der Waals surface area contributed by atoms with Gasteiger partial charge in [-0.25, -0.2) is 0 Å². The Balaban J connectivity index is 5.19. The van der Waals surface area contributed by atoms with Gasteiger partial charge in [0.2, 0.25) is 11.8 Å². The highest BCUT2D eigenvalue weighted by atomic mass is 16.3. The quantitative estimate of drug-likeness (QED) is 0.438. The number of aliphatic hydroxyl groups is 2. The summed E-state index contributed by atoms with van der Waals surface area (Å²) in [5, 5.41) is 20.9. The monoisotopic (exact) mass is 344 g/mol. The average Bonchev–Trinajstić information content (AvgIpc) is 2.60. The summed E-state index contributed by atoms with van der Waals surface area (Å²) in [4.78, 5) is 36.7. The molecule has 2 unspecified atom stereocenters. The van der Waals surface area contributed by atoms with Crippen LogP contribution in [0.3, 0.4) is 0 Å². The van der Waals surface area contributed by atoms with Crippen LogP contribution in [-0.4, -0.2) is 65.6 Å². The molecule has 0 spiro atoms. The molecule has 0 aromatic rings. The van der Waals surface area contributed by atoms with Crippen LogP contribution in [0, 0.1) is 17.8 Å². The second kappa shape index (κ2) is 12.0. The molecular weight excluding hydrogens is 312 g/mol. The van der Waals surface area contributed by atoms with Gasteiger partial charge in [-0.1, -0.05) is 27.2 Å². The summed E-state index contributed by atoms with van der Waals surface area (Å²) in [5.74, 6) is -1.79. The number of carbonyl (C=O) groups is 3. The average molecular weight is 344 g/mol. The number of aliphatic hydroxyl groups excluding tert-OH is 2. The van der Waals surface area contributed by atoms with Gasteiger partial charge < -0.3 is 25.2 Å². The van der Waals surface area contributed by atoms with Gasteiger partial charge in [0.15, 0.2) is 0 Å². The number of amides is 2. The molecule has 0 bridgehead atoms. The van der Waals surface area contributed by atoms with E-state index in [4.69, 9.17) is 5.11 Å². The Bertz CT molecular complexity index is 402. The Morgan fingerprint density at radius 2 is 1.83 bits per heavy atom. The van der Waals surface area contributed by atoms with Gasteiger partial charge in [-0.2, -0.15) is 0 Å². The summed E-state index contributed by atoms with van der Waals surface area (Å²) in [5.41, 5.74) is 0. The Morgan fingerprint density at radius 3 is 2.25 bits per heavy atom. The van der Waals surface area contributed by atoms with Crippen LogP contribution in [0.4, 0.5) is 0 Å². The third-order valence-corrected chi connectivity index (χ3v) is 4.59. The van der Waals surface area contributed by atoms with Gasteiger partial charge in [0.25, 0.3) is 0 Å². The van der Waals surface area contributed by atoms with Crippen LogP contribution in [0.15, 0.2) is 0 Å². The van der Waals surface area contributed by atoms with Crippen LogP contribution in [-0.2, 0) is 14.4 Å². The lowest BCUT2D eigenvalue weighted by Crippen LogP contribution is -2.49. The number of nitrogens with one attached hydrogen (secondary N) is 1. The fourth-order valence-electron chi connectivity index (χ4n) is 2.77. The van der Waals surface area contributed by atoms with Crippen LogP contribution >= 0.6 is 0 Å². The van der Waals surface area contributed by atoms with Crippen molar-refractivity contribution < 1.29 is 24.6 Å². The van der Waals surface area contributed by atoms with E-state index in [1.54, 1.807) is 11.8 Å². The normalized spacial score (nSPS) is 15.9. The third kappa shape index (κ3) is 6.57. The van der Waals surface area contributed by atoms with Gasteiger partial charge in [0.05, 0.1) is 12.5 Å². The van der Waals surface area contributed by atoms with Crippen molar-refractivity contribution in [3.63, 3.8) is 0 Å². The molecule has 0 aromatic heterocycles. The molecule has 0 saturated carbocycles. The molecular formula is C17H32N2O5. The molecule has 7 nitrogen and oxygen atoms in total. The second-order valence-corrected chi connectivity index (χ2v) is 6.16. The molecule has 0 radical (unpaired) electrons. The Morgan fingerprint density at radius 1 is 1.21 bits per heavy atom. The number of aldehydes is 1. The van der Waals surface area contributed by atoms with Gasteiger partial charge in [-0.15, -0.1) is 0 Å². The predicted molar refractivity (Wildman–Crippen MR) is 91.1 cm³/mol.